The quantitative estimate of drug-likeness (QED) is 0.102. The molecular formula is C41H33N3O3S. The van der Waals surface area contributed by atoms with Gasteiger partial charge in [-0.3, -0.25) is 14.4 Å². The van der Waals surface area contributed by atoms with Crippen molar-refractivity contribution in [2.75, 3.05) is 10.6 Å². The summed E-state index contributed by atoms with van der Waals surface area (Å²) in [6.07, 6.45) is 1.69. The van der Waals surface area contributed by atoms with E-state index in [9.17, 15) is 14.4 Å². The lowest BCUT2D eigenvalue weighted by atomic mass is 10.0. The molecule has 0 heterocycles. The Kier molecular flexibility index (Phi) is 10.1. The van der Waals surface area contributed by atoms with Crippen molar-refractivity contribution in [2.24, 2.45) is 0 Å². The normalized spacial score (nSPS) is 11.8. The molecule has 6 aromatic carbocycles. The first-order chi connectivity index (χ1) is 23.4. The van der Waals surface area contributed by atoms with E-state index < -0.39 is 11.2 Å². The highest BCUT2D eigenvalue weighted by Crippen LogP contribution is 2.37. The van der Waals surface area contributed by atoms with E-state index in [1.54, 1.807) is 42.5 Å². The smallest absolute Gasteiger partial charge is 0.272 e. The summed E-state index contributed by atoms with van der Waals surface area (Å²) in [4.78, 5) is 41.3. The average Bonchev–Trinajstić information content (AvgIpc) is 3.12. The van der Waals surface area contributed by atoms with Gasteiger partial charge in [0.2, 0.25) is 5.91 Å². The fourth-order valence-corrected chi connectivity index (χ4v) is 6.26. The number of hydrogen-bond donors (Lipinski definition) is 3. The molecule has 3 N–H and O–H groups in total. The minimum atomic E-state index is -0.505. The zero-order valence-corrected chi connectivity index (χ0v) is 27.0. The Hall–Kier alpha value is -5.92. The molecule has 0 aliphatic rings. The van der Waals surface area contributed by atoms with Crippen molar-refractivity contribution in [3.8, 4) is 0 Å². The third kappa shape index (κ3) is 7.89. The number of benzene rings is 6. The van der Waals surface area contributed by atoms with Crippen LogP contribution in [0.1, 0.15) is 32.3 Å². The van der Waals surface area contributed by atoms with Crippen LogP contribution in [0.4, 0.5) is 11.4 Å². The number of carbonyl (C=O) groups excluding carboxylic acids is 3. The molecule has 0 radical (unpaired) electrons. The summed E-state index contributed by atoms with van der Waals surface area (Å²) in [5, 5.41) is 10.3. The van der Waals surface area contributed by atoms with E-state index in [-0.39, 0.29) is 17.5 Å². The van der Waals surface area contributed by atoms with Crippen LogP contribution in [-0.4, -0.2) is 17.7 Å². The van der Waals surface area contributed by atoms with Crippen molar-refractivity contribution >= 4 is 57.7 Å². The van der Waals surface area contributed by atoms with E-state index in [1.165, 1.54) is 11.8 Å². The number of para-hydroxylation sites is 1. The molecular weight excluding hydrogens is 615 g/mol. The highest BCUT2D eigenvalue weighted by molar-refractivity contribution is 8.00. The highest BCUT2D eigenvalue weighted by atomic mass is 32.2. The molecule has 0 aromatic heterocycles. The van der Waals surface area contributed by atoms with Crippen LogP contribution in [0.3, 0.4) is 0 Å². The summed E-state index contributed by atoms with van der Waals surface area (Å²) in [7, 11) is 0. The molecule has 48 heavy (non-hydrogen) atoms. The van der Waals surface area contributed by atoms with Crippen molar-refractivity contribution in [1.82, 2.24) is 5.32 Å². The van der Waals surface area contributed by atoms with E-state index in [0.717, 1.165) is 38.0 Å². The first-order valence-electron chi connectivity index (χ1n) is 15.5. The van der Waals surface area contributed by atoms with E-state index in [0.29, 0.717) is 11.3 Å². The molecule has 0 aliphatic carbocycles. The minimum Gasteiger partial charge on any atom is -0.325 e. The Labute approximate surface area is 283 Å². The summed E-state index contributed by atoms with van der Waals surface area (Å²) in [5.74, 6) is -0.984. The van der Waals surface area contributed by atoms with Gasteiger partial charge in [0.05, 0.1) is 0 Å². The highest BCUT2D eigenvalue weighted by Gasteiger charge is 2.23. The molecule has 6 rings (SSSR count). The molecule has 6 nitrogen and oxygen atoms in total. The number of carbonyl (C=O) groups is 3. The Balaban J connectivity index is 1.23. The molecule has 3 amide bonds. The van der Waals surface area contributed by atoms with Gasteiger partial charge in [0, 0.05) is 21.8 Å². The molecule has 0 bridgehead atoms. The van der Waals surface area contributed by atoms with Crippen molar-refractivity contribution in [1.29, 1.82) is 0 Å². The van der Waals surface area contributed by atoms with Gasteiger partial charge in [-0.2, -0.15) is 0 Å². The van der Waals surface area contributed by atoms with Gasteiger partial charge in [-0.1, -0.05) is 109 Å². The van der Waals surface area contributed by atoms with Crippen LogP contribution in [0.25, 0.3) is 16.8 Å². The molecule has 0 fully saturated rings. The molecule has 0 spiro atoms. The van der Waals surface area contributed by atoms with Crippen molar-refractivity contribution in [3.63, 3.8) is 0 Å². The maximum Gasteiger partial charge on any atom is 0.272 e. The number of amides is 3. The van der Waals surface area contributed by atoms with Gasteiger partial charge >= 0.3 is 0 Å². The van der Waals surface area contributed by atoms with Crippen molar-refractivity contribution in [3.05, 3.63) is 180 Å². The number of aryl methyl sites for hydroxylation is 1. The third-order valence-electron chi connectivity index (χ3n) is 7.76. The Morgan fingerprint density at radius 3 is 2.04 bits per heavy atom. The molecule has 6 aromatic rings. The first-order valence-corrected chi connectivity index (χ1v) is 16.4. The lowest BCUT2D eigenvalue weighted by Gasteiger charge is -2.18. The summed E-state index contributed by atoms with van der Waals surface area (Å²) in [6.45, 7) is 1.96. The SMILES string of the molecule is Cc1ccccc1NC(=O)C(Sc1ccc(NC(=O)/C(=C/c2cccc3ccccc23)NC(=O)c2ccccc2)cc1)c1ccccc1. The second kappa shape index (κ2) is 15.1. The van der Waals surface area contributed by atoms with Crippen LogP contribution < -0.4 is 16.0 Å². The number of nitrogens with one attached hydrogen (secondary N) is 3. The van der Waals surface area contributed by atoms with Gasteiger partial charge < -0.3 is 16.0 Å². The summed E-state index contributed by atoms with van der Waals surface area (Å²) in [6, 6.07) is 47.1. The summed E-state index contributed by atoms with van der Waals surface area (Å²) < 4.78 is 0. The van der Waals surface area contributed by atoms with Gasteiger partial charge in [0.25, 0.3) is 11.8 Å². The topological polar surface area (TPSA) is 87.3 Å². The van der Waals surface area contributed by atoms with Gasteiger partial charge in [-0.05, 0) is 82.9 Å². The van der Waals surface area contributed by atoms with E-state index in [1.807, 2.05) is 122 Å². The molecule has 236 valence electrons. The Bertz CT molecular complexity index is 2090. The predicted octanol–water partition coefficient (Wildman–Crippen LogP) is 9.03. The maximum atomic E-state index is 13.7. The predicted molar refractivity (Wildman–Crippen MR) is 196 cm³/mol. The van der Waals surface area contributed by atoms with Crippen molar-refractivity contribution in [2.45, 2.75) is 17.1 Å². The standard InChI is InChI=1S/C41H33N3O3S/c1-28-13-8-11-22-36(28)43-41(47)38(30-15-4-2-5-16-30)48-34-25-23-33(24-26-34)42-40(46)37(44-39(45)31-17-6-3-7-18-31)27-32-20-12-19-29-14-9-10-21-35(29)32/h2-27,38H,1H3,(H,42,46)(H,43,47)(H,44,45)/b37-27-. The lowest BCUT2D eigenvalue weighted by molar-refractivity contribution is -0.116. The number of anilines is 2. The molecule has 1 unspecified atom stereocenters. The molecule has 0 aliphatic heterocycles. The van der Waals surface area contributed by atoms with Gasteiger partial charge in [-0.15, -0.1) is 11.8 Å². The molecule has 0 saturated carbocycles. The molecule has 1 atom stereocenters. The van der Waals surface area contributed by atoms with Gasteiger partial charge in [0.15, 0.2) is 0 Å². The van der Waals surface area contributed by atoms with Crippen molar-refractivity contribution < 1.29 is 14.4 Å². The summed E-state index contributed by atoms with van der Waals surface area (Å²) in [5.41, 5.74) is 4.52. The number of rotatable bonds is 10. The fourth-order valence-electron chi connectivity index (χ4n) is 5.24. The maximum absolute atomic E-state index is 13.7. The third-order valence-corrected chi connectivity index (χ3v) is 9.03. The lowest BCUT2D eigenvalue weighted by Crippen LogP contribution is -2.30. The second-order valence-corrected chi connectivity index (χ2v) is 12.3. The Morgan fingerprint density at radius 2 is 1.29 bits per heavy atom. The summed E-state index contributed by atoms with van der Waals surface area (Å²) >= 11 is 1.42. The zero-order chi connectivity index (χ0) is 33.3. The Morgan fingerprint density at radius 1 is 0.646 bits per heavy atom. The van der Waals surface area contributed by atoms with E-state index in [2.05, 4.69) is 16.0 Å². The molecule has 7 heteroatoms. The average molecular weight is 648 g/mol. The van der Waals surface area contributed by atoms with Crippen LogP contribution in [0.5, 0.6) is 0 Å². The molecule has 0 saturated heterocycles. The van der Waals surface area contributed by atoms with E-state index >= 15 is 0 Å². The van der Waals surface area contributed by atoms with Crippen LogP contribution in [0.2, 0.25) is 0 Å². The van der Waals surface area contributed by atoms with Crippen LogP contribution in [0.15, 0.2) is 162 Å². The second-order valence-electron chi connectivity index (χ2n) is 11.1. The fraction of sp³-hybridized carbons (Fsp3) is 0.0488. The van der Waals surface area contributed by atoms with Crippen LogP contribution in [-0.2, 0) is 9.59 Å². The van der Waals surface area contributed by atoms with E-state index in [4.69, 9.17) is 0 Å². The minimum absolute atomic E-state index is 0.107. The monoisotopic (exact) mass is 647 g/mol. The largest absolute Gasteiger partial charge is 0.325 e. The zero-order valence-electron chi connectivity index (χ0n) is 26.2. The van der Waals surface area contributed by atoms with Gasteiger partial charge in [-0.25, -0.2) is 0 Å². The van der Waals surface area contributed by atoms with Crippen LogP contribution in [0, 0.1) is 6.92 Å². The number of thioether (sulfide) groups is 1. The van der Waals surface area contributed by atoms with Crippen LogP contribution >= 0.6 is 11.8 Å². The number of hydrogen-bond acceptors (Lipinski definition) is 4. The first kappa shape index (κ1) is 32.0. The van der Waals surface area contributed by atoms with Gasteiger partial charge in [0.1, 0.15) is 10.9 Å². The number of fused-ring (bicyclic) bond motifs is 1.